The number of nitrogens with two attached hydrogens (primary N) is 7. The number of aliphatic carboxylic acids is 1. The summed E-state index contributed by atoms with van der Waals surface area (Å²) in [4.78, 5) is 96.6. The third-order valence-corrected chi connectivity index (χ3v) is 9.90. The molecule has 6 atom stereocenters. The number of amides is 5. The van der Waals surface area contributed by atoms with Gasteiger partial charge in [-0.1, -0.05) is 0 Å². The first-order valence-corrected chi connectivity index (χ1v) is 18.8. The van der Waals surface area contributed by atoms with E-state index in [2.05, 4.69) is 25.6 Å². The van der Waals surface area contributed by atoms with E-state index in [1.165, 1.54) is 14.7 Å². The number of carboxylic acids is 1. The Bertz CT molecular complexity index is 1460. The fourth-order valence-corrected chi connectivity index (χ4v) is 7.21. The minimum Gasteiger partial charge on any atom is -0.480 e. The lowest BCUT2D eigenvalue weighted by Gasteiger charge is -2.32. The van der Waals surface area contributed by atoms with Crippen molar-refractivity contribution in [3.8, 4) is 0 Å². The number of nitrogens with zero attached hydrogens (tertiary/aromatic N) is 6. The van der Waals surface area contributed by atoms with Gasteiger partial charge in [-0.3, -0.25) is 38.9 Å². The van der Waals surface area contributed by atoms with Crippen LogP contribution in [0.4, 0.5) is 0 Å². The van der Waals surface area contributed by atoms with Crippen molar-refractivity contribution in [2.45, 2.75) is 113 Å². The molecule has 0 aromatic heterocycles. The van der Waals surface area contributed by atoms with E-state index >= 15 is 0 Å². The van der Waals surface area contributed by atoms with Gasteiger partial charge in [0.2, 0.25) is 29.5 Å². The number of likely N-dealkylation sites (tertiary alicyclic amines) is 3. The highest BCUT2D eigenvalue weighted by molar-refractivity contribution is 5.97. The van der Waals surface area contributed by atoms with E-state index in [-0.39, 0.29) is 69.7 Å². The van der Waals surface area contributed by atoms with Crippen molar-refractivity contribution in [1.29, 1.82) is 0 Å². The number of hydrogen-bond donors (Lipinski definition) is 10. The normalized spacial score (nSPS) is 20.9. The Morgan fingerprint density at radius 3 is 1.29 bits per heavy atom. The molecular formula is C33H59N15O7. The van der Waals surface area contributed by atoms with E-state index in [1.807, 2.05) is 0 Å². The van der Waals surface area contributed by atoms with Crippen molar-refractivity contribution in [3.63, 3.8) is 0 Å². The summed E-state index contributed by atoms with van der Waals surface area (Å²) < 4.78 is 0. The van der Waals surface area contributed by atoms with Crippen molar-refractivity contribution in [2.75, 3.05) is 39.3 Å². The second-order valence-corrected chi connectivity index (χ2v) is 14.0. The van der Waals surface area contributed by atoms with Crippen molar-refractivity contribution in [1.82, 2.24) is 25.3 Å². The van der Waals surface area contributed by atoms with Crippen LogP contribution >= 0.6 is 0 Å². The van der Waals surface area contributed by atoms with Crippen LogP contribution in [0.2, 0.25) is 0 Å². The number of aliphatic imine (C=N–C) groups is 3. The number of guanidine groups is 3. The van der Waals surface area contributed by atoms with E-state index < -0.39 is 71.8 Å². The van der Waals surface area contributed by atoms with Crippen molar-refractivity contribution in [3.05, 3.63) is 0 Å². The molecule has 22 heteroatoms. The smallest absolute Gasteiger partial charge is 0.326 e. The monoisotopic (exact) mass is 777 g/mol. The van der Waals surface area contributed by atoms with Crippen LogP contribution in [0.5, 0.6) is 0 Å². The van der Waals surface area contributed by atoms with Crippen LogP contribution in [0.3, 0.4) is 0 Å². The SMILES string of the molecule is NC(N)=NCCC[C@H](NC(=O)[C@@H]1CCCN1C(=O)[C@H](CCCN=C(N)N)NC(=O)[C@@H]1CCCN1C(=O)[C@@H](N)CCCN=C(N)N)C(=O)N1CCC[C@H]1C(=O)O. The average Bonchev–Trinajstić information content (AvgIpc) is 3.93. The van der Waals surface area contributed by atoms with Gasteiger partial charge in [-0.05, 0) is 77.0 Å². The standard InChI is InChI=1S/C33H59N15O7/c34-19(7-1-13-41-31(35)36)27(51)46-16-4-10-22(46)25(49)44-20(8-2-14-42-32(37)38)28(52)47-17-5-11-23(47)26(50)45-21(9-3-15-43-33(39)40)29(53)48-18-6-12-24(48)30(54)55/h19-24H,1-18,34H2,(H,44,49)(H,45,50)(H,54,55)(H4,35,36,41)(H4,37,38,42)(H4,39,40,43)/t19-,20-,21-,22-,23-,24-/m0/s1. The zero-order valence-corrected chi connectivity index (χ0v) is 31.3. The fourth-order valence-electron chi connectivity index (χ4n) is 7.21. The van der Waals surface area contributed by atoms with Gasteiger partial charge in [0.15, 0.2) is 17.9 Å². The second-order valence-electron chi connectivity index (χ2n) is 14.0. The van der Waals surface area contributed by atoms with Crippen LogP contribution in [0.1, 0.15) is 77.0 Å². The lowest BCUT2D eigenvalue weighted by atomic mass is 10.1. The summed E-state index contributed by atoms with van der Waals surface area (Å²) in [5, 5.41) is 15.3. The van der Waals surface area contributed by atoms with E-state index in [1.54, 1.807) is 0 Å². The third kappa shape index (κ3) is 13.1. The molecule has 0 aromatic carbocycles. The molecule has 5 amide bonds. The molecule has 55 heavy (non-hydrogen) atoms. The Labute approximate surface area is 320 Å². The fraction of sp³-hybridized carbons (Fsp3) is 0.727. The Morgan fingerprint density at radius 1 is 0.564 bits per heavy atom. The van der Waals surface area contributed by atoms with E-state index in [9.17, 15) is 33.9 Å². The molecule has 3 aliphatic heterocycles. The summed E-state index contributed by atoms with van der Waals surface area (Å²) in [5.41, 5.74) is 38.7. The quantitative estimate of drug-likeness (QED) is 0.0317. The number of carboxylic acid groups (broad SMARTS) is 1. The van der Waals surface area contributed by atoms with Gasteiger partial charge in [0.1, 0.15) is 30.2 Å². The molecule has 22 nitrogen and oxygen atoms in total. The summed E-state index contributed by atoms with van der Waals surface area (Å²) >= 11 is 0. The third-order valence-electron chi connectivity index (χ3n) is 9.90. The van der Waals surface area contributed by atoms with Gasteiger partial charge in [-0.15, -0.1) is 0 Å². The molecule has 3 fully saturated rings. The largest absolute Gasteiger partial charge is 0.480 e. The van der Waals surface area contributed by atoms with Crippen molar-refractivity contribution < 1.29 is 33.9 Å². The highest BCUT2D eigenvalue weighted by Gasteiger charge is 2.43. The Morgan fingerprint density at radius 2 is 0.909 bits per heavy atom. The summed E-state index contributed by atoms with van der Waals surface area (Å²) in [7, 11) is 0. The number of carbonyl (C=O) groups excluding carboxylic acids is 5. The first kappa shape index (κ1) is 44.0. The Kier molecular flexibility index (Phi) is 17.2. The molecule has 3 heterocycles. The van der Waals surface area contributed by atoms with Crippen molar-refractivity contribution in [2.24, 2.45) is 55.1 Å². The van der Waals surface area contributed by atoms with E-state index in [0.29, 0.717) is 64.5 Å². The van der Waals surface area contributed by atoms with Gasteiger partial charge >= 0.3 is 5.97 Å². The highest BCUT2D eigenvalue weighted by Crippen LogP contribution is 2.24. The minimum absolute atomic E-state index is 0.0667. The highest BCUT2D eigenvalue weighted by atomic mass is 16.4. The zero-order chi connectivity index (χ0) is 40.7. The molecule has 0 aromatic rings. The predicted molar refractivity (Wildman–Crippen MR) is 203 cm³/mol. The van der Waals surface area contributed by atoms with Crippen LogP contribution in [0, 0.1) is 0 Å². The molecule has 3 rings (SSSR count). The lowest BCUT2D eigenvalue weighted by Crippen LogP contribution is -2.58. The minimum atomic E-state index is -1.13. The first-order valence-electron chi connectivity index (χ1n) is 18.8. The summed E-state index contributed by atoms with van der Waals surface area (Å²) in [5.74, 6) is -4.08. The van der Waals surface area contributed by atoms with E-state index in [4.69, 9.17) is 40.1 Å². The van der Waals surface area contributed by atoms with Crippen LogP contribution in [-0.4, -0.2) is 149 Å². The number of carbonyl (C=O) groups is 6. The molecule has 0 aliphatic carbocycles. The molecule has 17 N–H and O–H groups in total. The number of rotatable bonds is 20. The Balaban J connectivity index is 1.76. The number of nitrogens with one attached hydrogen (secondary N) is 2. The molecule has 0 spiro atoms. The van der Waals surface area contributed by atoms with Gasteiger partial charge in [-0.25, -0.2) is 4.79 Å². The molecular weight excluding hydrogens is 718 g/mol. The molecule has 0 bridgehead atoms. The molecule has 308 valence electrons. The van der Waals surface area contributed by atoms with Gasteiger partial charge in [-0.2, -0.15) is 0 Å². The maximum absolute atomic E-state index is 14.2. The maximum Gasteiger partial charge on any atom is 0.326 e. The maximum atomic E-state index is 14.2. The van der Waals surface area contributed by atoms with Crippen LogP contribution < -0.4 is 50.8 Å². The van der Waals surface area contributed by atoms with Gasteiger partial charge in [0.05, 0.1) is 6.04 Å². The molecule has 3 aliphatic rings. The van der Waals surface area contributed by atoms with Crippen LogP contribution in [-0.2, 0) is 28.8 Å². The lowest BCUT2D eigenvalue weighted by molar-refractivity contribution is -0.150. The van der Waals surface area contributed by atoms with Crippen LogP contribution in [0.15, 0.2) is 15.0 Å². The topological polar surface area (TPSA) is 376 Å². The van der Waals surface area contributed by atoms with Crippen LogP contribution in [0.25, 0.3) is 0 Å². The van der Waals surface area contributed by atoms with Gasteiger partial charge in [0, 0.05) is 39.3 Å². The summed E-state index contributed by atoms with van der Waals surface area (Å²) in [6.45, 7) is 1.39. The Hall–Kier alpha value is -5.41. The molecule has 0 radical (unpaired) electrons. The molecule has 3 saturated heterocycles. The van der Waals surface area contributed by atoms with E-state index in [0.717, 1.165) is 0 Å². The average molecular weight is 778 g/mol. The van der Waals surface area contributed by atoms with Gasteiger partial charge in [0.25, 0.3) is 0 Å². The first-order chi connectivity index (χ1) is 26.1. The molecule has 0 unspecified atom stereocenters. The summed E-state index contributed by atoms with van der Waals surface area (Å²) in [6, 6.07) is -5.95. The summed E-state index contributed by atoms with van der Waals surface area (Å²) in [6.07, 6.45) is 4.07. The van der Waals surface area contributed by atoms with Crippen molar-refractivity contribution >= 4 is 53.4 Å². The second kappa shape index (κ2) is 21.5. The predicted octanol–water partition coefficient (Wildman–Crippen LogP) is -4.50. The zero-order valence-electron chi connectivity index (χ0n) is 31.3. The number of hydrogen-bond acceptors (Lipinski definition) is 10. The van der Waals surface area contributed by atoms with Gasteiger partial charge < -0.3 is 70.6 Å². The molecule has 0 saturated carbocycles.